The molecule has 22 heavy (non-hydrogen) atoms. The van der Waals surface area contributed by atoms with Gasteiger partial charge in [-0.3, -0.25) is 4.79 Å². The van der Waals surface area contributed by atoms with E-state index in [2.05, 4.69) is 4.74 Å². The van der Waals surface area contributed by atoms with Gasteiger partial charge in [0.25, 0.3) is 0 Å². The van der Waals surface area contributed by atoms with Crippen LogP contribution in [0.2, 0.25) is 0 Å². The van der Waals surface area contributed by atoms with Crippen molar-refractivity contribution >= 4 is 11.8 Å². The maximum absolute atomic E-state index is 13.1. The van der Waals surface area contributed by atoms with Crippen LogP contribution < -0.4 is 0 Å². The smallest absolute Gasteiger partial charge is 0.460 e. The van der Waals surface area contributed by atoms with E-state index in [0.717, 1.165) is 0 Å². The van der Waals surface area contributed by atoms with Gasteiger partial charge in [-0.2, -0.15) is 30.7 Å². The number of carbonyl (C=O) groups excluding carboxylic acids is 2. The fourth-order valence-corrected chi connectivity index (χ4v) is 1.45. The van der Waals surface area contributed by atoms with E-state index in [1.165, 1.54) is 6.92 Å². The lowest BCUT2D eigenvalue weighted by Crippen LogP contribution is -2.55. The van der Waals surface area contributed by atoms with Crippen molar-refractivity contribution in [1.29, 1.82) is 0 Å². The van der Waals surface area contributed by atoms with Gasteiger partial charge in [0.1, 0.15) is 5.76 Å². The van der Waals surface area contributed by atoms with Crippen molar-refractivity contribution in [2.45, 2.75) is 31.4 Å². The molecule has 0 aromatic heterocycles. The molecule has 0 radical (unpaired) electrons. The fourth-order valence-electron chi connectivity index (χ4n) is 1.45. The number of aliphatic hydroxyl groups excluding tert-OH is 1. The molecular formula is C11H7F7O4. The Balaban J connectivity index is 3.23. The minimum absolute atomic E-state index is 0.224. The number of allylic oxidation sites excluding steroid dienone is 2. The predicted molar refractivity (Wildman–Crippen MR) is 55.1 cm³/mol. The van der Waals surface area contributed by atoms with Gasteiger partial charge >= 0.3 is 24.0 Å². The summed E-state index contributed by atoms with van der Waals surface area (Å²) in [6, 6.07) is 0. The Morgan fingerprint density at radius 2 is 1.68 bits per heavy atom. The van der Waals surface area contributed by atoms with Crippen molar-refractivity contribution in [1.82, 2.24) is 0 Å². The van der Waals surface area contributed by atoms with Crippen molar-refractivity contribution in [2.75, 3.05) is 0 Å². The van der Waals surface area contributed by atoms with Gasteiger partial charge in [0.2, 0.25) is 11.5 Å². The van der Waals surface area contributed by atoms with Gasteiger partial charge in [-0.1, -0.05) is 6.92 Å². The lowest BCUT2D eigenvalue weighted by atomic mass is 10.0. The van der Waals surface area contributed by atoms with Gasteiger partial charge in [-0.25, -0.2) is 4.79 Å². The molecule has 1 N–H and O–H groups in total. The fraction of sp³-hybridized carbons (Fsp3) is 0.455. The van der Waals surface area contributed by atoms with Crippen LogP contribution >= 0.6 is 0 Å². The van der Waals surface area contributed by atoms with E-state index in [1.807, 2.05) is 0 Å². The molecule has 1 aliphatic heterocycles. The van der Waals surface area contributed by atoms with E-state index in [0.29, 0.717) is 0 Å². The number of halogens is 7. The molecule has 124 valence electrons. The van der Waals surface area contributed by atoms with Gasteiger partial charge in [0.15, 0.2) is 0 Å². The first-order valence-corrected chi connectivity index (χ1v) is 5.50. The average molecular weight is 336 g/mol. The molecule has 0 spiro atoms. The van der Waals surface area contributed by atoms with Crippen LogP contribution in [0.15, 0.2) is 23.2 Å². The van der Waals surface area contributed by atoms with E-state index in [-0.39, 0.29) is 12.5 Å². The Morgan fingerprint density at radius 1 is 1.18 bits per heavy atom. The quantitative estimate of drug-likeness (QED) is 0.487. The lowest BCUT2D eigenvalue weighted by Gasteiger charge is -2.26. The minimum atomic E-state index is -6.66. The topological polar surface area (TPSA) is 63.6 Å². The number of esters is 1. The van der Waals surface area contributed by atoms with Crippen LogP contribution in [0.3, 0.4) is 0 Å². The molecule has 4 nitrogen and oxygen atoms in total. The molecule has 0 aromatic rings. The van der Waals surface area contributed by atoms with Crippen LogP contribution in [0, 0.1) is 0 Å². The number of aliphatic hydroxyl groups is 1. The van der Waals surface area contributed by atoms with Crippen LogP contribution in [0.5, 0.6) is 0 Å². The lowest BCUT2D eigenvalue weighted by molar-refractivity contribution is -0.342. The summed E-state index contributed by atoms with van der Waals surface area (Å²) in [6.45, 7) is 1.29. The Hall–Kier alpha value is -2.07. The molecule has 0 atom stereocenters. The second-order valence-corrected chi connectivity index (χ2v) is 4.09. The molecule has 0 aromatic carbocycles. The number of alkyl halides is 7. The van der Waals surface area contributed by atoms with Crippen molar-refractivity contribution in [3.05, 3.63) is 23.2 Å². The average Bonchev–Trinajstić information content (AvgIpc) is 2.62. The van der Waals surface area contributed by atoms with E-state index < -0.39 is 46.9 Å². The highest BCUT2D eigenvalue weighted by Crippen LogP contribution is 2.47. The summed E-state index contributed by atoms with van der Waals surface area (Å²) in [5, 5.41) is 9.17. The molecular weight excluding hydrogens is 329 g/mol. The van der Waals surface area contributed by atoms with E-state index >= 15 is 0 Å². The van der Waals surface area contributed by atoms with Gasteiger partial charge in [0.05, 0.1) is 0 Å². The molecule has 1 heterocycles. The first-order chi connectivity index (χ1) is 9.77. The third-order valence-electron chi connectivity index (χ3n) is 2.65. The molecule has 1 rings (SSSR count). The molecule has 0 unspecified atom stereocenters. The van der Waals surface area contributed by atoms with Gasteiger partial charge in [-0.05, 0) is 6.42 Å². The number of carbonyl (C=O) groups is 2. The maximum atomic E-state index is 13.1. The van der Waals surface area contributed by atoms with E-state index in [9.17, 15) is 45.4 Å². The zero-order chi connectivity index (χ0) is 17.5. The largest absolute Gasteiger partial charge is 0.502 e. The van der Waals surface area contributed by atoms with Gasteiger partial charge in [-0.15, -0.1) is 0 Å². The summed E-state index contributed by atoms with van der Waals surface area (Å²) in [4.78, 5) is 22.0. The Bertz CT molecular complexity index is 571. The number of ketones is 1. The monoisotopic (exact) mass is 336 g/mol. The maximum Gasteiger partial charge on any atom is 0.460 e. The molecule has 0 saturated heterocycles. The van der Waals surface area contributed by atoms with Crippen molar-refractivity contribution in [3.8, 4) is 0 Å². The molecule has 11 heteroatoms. The molecule has 0 bridgehead atoms. The third kappa shape index (κ3) is 2.66. The van der Waals surface area contributed by atoms with E-state index in [4.69, 9.17) is 0 Å². The zero-order valence-electron chi connectivity index (χ0n) is 10.6. The molecule has 1 aliphatic rings. The van der Waals surface area contributed by atoms with Crippen LogP contribution in [-0.4, -0.2) is 34.9 Å². The summed E-state index contributed by atoms with van der Waals surface area (Å²) in [7, 11) is 0. The molecule has 0 amide bonds. The van der Waals surface area contributed by atoms with Gasteiger partial charge in [0, 0.05) is 11.6 Å². The van der Waals surface area contributed by atoms with E-state index in [1.54, 1.807) is 0 Å². The third-order valence-corrected chi connectivity index (χ3v) is 2.65. The number of rotatable bonds is 4. The highest BCUT2D eigenvalue weighted by molar-refractivity contribution is 6.00. The Morgan fingerprint density at radius 3 is 2.09 bits per heavy atom. The number of hydrogen-bond donors (Lipinski definition) is 1. The standard InChI is InChI=1S/C11H7F7O4/c1-2-4-5(22-8(21)7(4)20)3-6(19)9(12,13)10(14,15)11(16,17)18/h3,20H,2H2,1H3/b5-3-. The zero-order valence-corrected chi connectivity index (χ0v) is 10.6. The van der Waals surface area contributed by atoms with Crippen molar-refractivity contribution < 1.29 is 50.2 Å². The summed E-state index contributed by atoms with van der Waals surface area (Å²) in [5.41, 5.74) is -0.468. The first-order valence-electron chi connectivity index (χ1n) is 5.50. The Kier molecular flexibility index (Phi) is 4.32. The van der Waals surface area contributed by atoms with Crippen LogP contribution in [-0.2, 0) is 14.3 Å². The Labute approximate surface area is 117 Å². The number of ether oxygens (including phenoxy) is 1. The summed E-state index contributed by atoms with van der Waals surface area (Å²) in [5.74, 6) is -19.1. The second-order valence-electron chi connectivity index (χ2n) is 4.09. The van der Waals surface area contributed by atoms with Gasteiger partial charge < -0.3 is 9.84 Å². The van der Waals surface area contributed by atoms with Crippen LogP contribution in [0.4, 0.5) is 30.7 Å². The molecule has 0 aliphatic carbocycles. The summed E-state index contributed by atoms with van der Waals surface area (Å²) < 4.78 is 91.5. The van der Waals surface area contributed by atoms with Crippen LogP contribution in [0.25, 0.3) is 0 Å². The highest BCUT2D eigenvalue weighted by Gasteiger charge is 2.75. The number of cyclic esters (lactones) is 1. The number of hydrogen-bond acceptors (Lipinski definition) is 4. The predicted octanol–water partition coefficient (Wildman–Crippen LogP) is 3.05. The first kappa shape index (κ1) is 18.0. The SMILES string of the molecule is CCC1=C(O)C(=O)O/C1=C\C(=O)C(F)(F)C(F)(F)C(F)(F)F. The van der Waals surface area contributed by atoms with Crippen LogP contribution in [0.1, 0.15) is 13.3 Å². The van der Waals surface area contributed by atoms with Crippen molar-refractivity contribution in [2.24, 2.45) is 0 Å². The molecule has 0 fully saturated rings. The summed E-state index contributed by atoms with van der Waals surface area (Å²) >= 11 is 0. The van der Waals surface area contributed by atoms with Crippen molar-refractivity contribution in [3.63, 3.8) is 0 Å². The molecule has 0 saturated carbocycles. The highest BCUT2D eigenvalue weighted by atomic mass is 19.4. The minimum Gasteiger partial charge on any atom is -0.502 e. The second kappa shape index (κ2) is 5.29. The summed E-state index contributed by atoms with van der Waals surface area (Å²) in [6.07, 6.45) is -7.26. The normalized spacial score (nSPS) is 18.9.